The van der Waals surface area contributed by atoms with Crippen molar-refractivity contribution in [3.05, 3.63) is 17.5 Å². The molecule has 0 N–H and O–H groups in total. The largest absolute Gasteiger partial charge is 0.662 e. The van der Waals surface area contributed by atoms with Crippen LogP contribution in [0.15, 0.2) is 12.2 Å². The van der Waals surface area contributed by atoms with Crippen molar-refractivity contribution in [3.8, 4) is 0 Å². The van der Waals surface area contributed by atoms with E-state index >= 15 is 0 Å². The minimum Gasteiger partial charge on any atom is -0.662 e. The average molecular weight is 126 g/mol. The molecular weight excluding hydrogens is 110 g/mol. The van der Waals surface area contributed by atoms with Gasteiger partial charge in [0.25, 0.3) is 0 Å². The summed E-state index contributed by atoms with van der Waals surface area (Å²) < 4.78 is 0. The zero-order valence-electron chi connectivity index (χ0n) is 6.65. The van der Waals surface area contributed by atoms with Gasteiger partial charge in [-0.2, -0.15) is 7.05 Å². The third kappa shape index (κ3) is 4.22. The van der Waals surface area contributed by atoms with Gasteiger partial charge in [-0.1, -0.05) is 18.9 Å². The van der Waals surface area contributed by atoms with E-state index < -0.39 is 0 Å². The Morgan fingerprint density at radius 3 is 2.33 bits per heavy atom. The van der Waals surface area contributed by atoms with Crippen molar-refractivity contribution in [1.29, 1.82) is 0 Å². The van der Waals surface area contributed by atoms with Crippen LogP contribution >= 0.6 is 0 Å². The fraction of sp³-hybridized carbons (Fsp3) is 0.750. The van der Waals surface area contributed by atoms with Crippen LogP contribution in [0.4, 0.5) is 0 Å². The standard InChI is InChI=1S/C8H16N/c1-5-8(9-4)6-7(2)3/h8H,2,5-6H2,1,3-4H3/q-1. The summed E-state index contributed by atoms with van der Waals surface area (Å²) in [7, 11) is 1.87. The minimum absolute atomic E-state index is 0.502. The summed E-state index contributed by atoms with van der Waals surface area (Å²) in [6.45, 7) is 8.03. The second kappa shape index (κ2) is 4.57. The Hall–Kier alpha value is -0.300. The van der Waals surface area contributed by atoms with Crippen molar-refractivity contribution < 1.29 is 0 Å². The Labute approximate surface area is 58.2 Å². The molecule has 0 aromatic carbocycles. The number of nitrogens with zero attached hydrogens (tertiary/aromatic N) is 1. The van der Waals surface area contributed by atoms with E-state index in [0.717, 1.165) is 12.8 Å². The smallest absolute Gasteiger partial charge is 0.0443 e. The Balaban J connectivity index is 3.43. The first-order chi connectivity index (χ1) is 4.20. The molecule has 54 valence electrons. The van der Waals surface area contributed by atoms with E-state index in [4.69, 9.17) is 0 Å². The zero-order chi connectivity index (χ0) is 7.28. The number of rotatable bonds is 4. The lowest BCUT2D eigenvalue weighted by Crippen LogP contribution is -2.02. The molecule has 0 aromatic heterocycles. The third-order valence-electron chi connectivity index (χ3n) is 1.42. The minimum atomic E-state index is 0.502. The maximum Gasteiger partial charge on any atom is -0.0443 e. The molecule has 0 amide bonds. The quantitative estimate of drug-likeness (QED) is 0.514. The van der Waals surface area contributed by atoms with E-state index in [0.29, 0.717) is 6.04 Å². The predicted octanol–water partition coefficient (Wildman–Crippen LogP) is 2.73. The topological polar surface area (TPSA) is 14.1 Å². The van der Waals surface area contributed by atoms with Gasteiger partial charge in [0.05, 0.1) is 0 Å². The molecule has 1 nitrogen and oxygen atoms in total. The molecule has 0 rings (SSSR count). The van der Waals surface area contributed by atoms with Crippen LogP contribution in [0.25, 0.3) is 5.32 Å². The monoisotopic (exact) mass is 126 g/mol. The molecule has 0 aliphatic rings. The van der Waals surface area contributed by atoms with Gasteiger partial charge in [-0.15, -0.1) is 12.6 Å². The highest BCUT2D eigenvalue weighted by Crippen LogP contribution is 2.11. The lowest BCUT2D eigenvalue weighted by molar-refractivity contribution is 0.706. The van der Waals surface area contributed by atoms with Crippen LogP contribution in [-0.4, -0.2) is 13.1 Å². The second-order valence-corrected chi connectivity index (χ2v) is 2.48. The van der Waals surface area contributed by atoms with Crippen LogP contribution < -0.4 is 0 Å². The summed E-state index contributed by atoms with van der Waals surface area (Å²) in [5, 5.41) is 4.19. The molecule has 0 saturated carbocycles. The summed E-state index contributed by atoms with van der Waals surface area (Å²) in [6.07, 6.45) is 2.18. The molecule has 0 aliphatic heterocycles. The Morgan fingerprint density at radius 2 is 2.22 bits per heavy atom. The van der Waals surface area contributed by atoms with Gasteiger partial charge in [0.15, 0.2) is 0 Å². The molecular formula is C8H16N-. The first-order valence-electron chi connectivity index (χ1n) is 3.44. The first kappa shape index (κ1) is 8.70. The summed E-state index contributed by atoms with van der Waals surface area (Å²) >= 11 is 0. The van der Waals surface area contributed by atoms with Gasteiger partial charge in [-0.05, 0) is 13.3 Å². The third-order valence-corrected chi connectivity index (χ3v) is 1.42. The van der Waals surface area contributed by atoms with E-state index in [2.05, 4.69) is 18.8 Å². The molecule has 0 saturated heterocycles. The average Bonchev–Trinajstić information content (AvgIpc) is 1.82. The van der Waals surface area contributed by atoms with Gasteiger partial charge in [0, 0.05) is 0 Å². The number of hydrogen-bond acceptors (Lipinski definition) is 0. The van der Waals surface area contributed by atoms with Gasteiger partial charge >= 0.3 is 0 Å². The fourth-order valence-electron chi connectivity index (χ4n) is 0.820. The van der Waals surface area contributed by atoms with Crippen LogP contribution in [0.2, 0.25) is 0 Å². The lowest BCUT2D eigenvalue weighted by atomic mass is 10.1. The Morgan fingerprint density at radius 1 is 1.67 bits per heavy atom. The van der Waals surface area contributed by atoms with Crippen molar-refractivity contribution in [1.82, 2.24) is 0 Å². The maximum absolute atomic E-state index is 4.19. The molecule has 0 fully saturated rings. The normalized spacial score (nSPS) is 13.2. The summed E-state index contributed by atoms with van der Waals surface area (Å²) in [4.78, 5) is 0. The van der Waals surface area contributed by atoms with Gasteiger partial charge in [0.1, 0.15) is 0 Å². The van der Waals surface area contributed by atoms with Crippen LogP contribution in [0.3, 0.4) is 0 Å². The molecule has 1 atom stereocenters. The molecule has 0 aliphatic carbocycles. The molecule has 0 bridgehead atoms. The molecule has 1 unspecified atom stereocenters. The van der Waals surface area contributed by atoms with Crippen LogP contribution in [0, 0.1) is 0 Å². The van der Waals surface area contributed by atoms with E-state index in [1.165, 1.54) is 5.57 Å². The fourth-order valence-corrected chi connectivity index (χ4v) is 0.820. The van der Waals surface area contributed by atoms with Crippen LogP contribution in [0.5, 0.6) is 0 Å². The molecule has 9 heavy (non-hydrogen) atoms. The van der Waals surface area contributed by atoms with Crippen molar-refractivity contribution in [3.63, 3.8) is 0 Å². The van der Waals surface area contributed by atoms with Gasteiger partial charge < -0.3 is 5.32 Å². The molecule has 0 heterocycles. The zero-order valence-corrected chi connectivity index (χ0v) is 6.65. The van der Waals surface area contributed by atoms with E-state index in [9.17, 15) is 0 Å². The van der Waals surface area contributed by atoms with Gasteiger partial charge in [0.2, 0.25) is 0 Å². The summed E-state index contributed by atoms with van der Waals surface area (Å²) in [6, 6.07) is 0.502. The predicted molar refractivity (Wildman–Crippen MR) is 42.8 cm³/mol. The van der Waals surface area contributed by atoms with E-state index in [1.807, 2.05) is 14.0 Å². The van der Waals surface area contributed by atoms with Crippen LogP contribution in [-0.2, 0) is 0 Å². The Kier molecular flexibility index (Phi) is 4.41. The Bertz CT molecular complexity index is 82.6. The SMILES string of the molecule is C=C(C)CC(CC)[N-]C. The summed E-state index contributed by atoms with van der Waals surface area (Å²) in [5.74, 6) is 0. The lowest BCUT2D eigenvalue weighted by Gasteiger charge is -2.26. The highest BCUT2D eigenvalue weighted by atomic mass is 14.9. The maximum atomic E-state index is 4.19. The first-order valence-corrected chi connectivity index (χ1v) is 3.44. The molecule has 1 heteroatoms. The molecule has 0 spiro atoms. The summed E-state index contributed by atoms with van der Waals surface area (Å²) in [5.41, 5.74) is 1.23. The second-order valence-electron chi connectivity index (χ2n) is 2.48. The number of hydrogen-bond donors (Lipinski definition) is 0. The highest BCUT2D eigenvalue weighted by Gasteiger charge is 1.91. The van der Waals surface area contributed by atoms with E-state index in [-0.39, 0.29) is 0 Å². The van der Waals surface area contributed by atoms with Crippen LogP contribution in [0.1, 0.15) is 26.7 Å². The van der Waals surface area contributed by atoms with Gasteiger partial charge in [-0.3, -0.25) is 0 Å². The van der Waals surface area contributed by atoms with Crippen molar-refractivity contribution in [2.75, 3.05) is 7.05 Å². The molecule has 0 radical (unpaired) electrons. The molecule has 0 aromatic rings. The van der Waals surface area contributed by atoms with Crippen molar-refractivity contribution >= 4 is 0 Å². The van der Waals surface area contributed by atoms with Crippen molar-refractivity contribution in [2.24, 2.45) is 0 Å². The van der Waals surface area contributed by atoms with Gasteiger partial charge in [-0.25, -0.2) is 0 Å². The van der Waals surface area contributed by atoms with E-state index in [1.54, 1.807) is 0 Å². The highest BCUT2D eigenvalue weighted by molar-refractivity contribution is 4.98. The van der Waals surface area contributed by atoms with Crippen molar-refractivity contribution in [2.45, 2.75) is 32.7 Å².